The Kier molecular flexibility index (Phi) is 4.20. The van der Waals surface area contributed by atoms with E-state index in [0.29, 0.717) is 11.1 Å². The molecule has 0 heterocycles. The summed E-state index contributed by atoms with van der Waals surface area (Å²) in [7, 11) is 0. The van der Waals surface area contributed by atoms with Crippen LogP contribution in [0.3, 0.4) is 0 Å². The lowest BCUT2D eigenvalue weighted by atomic mass is 10.1. The molecular weight excluding hydrogens is 248 g/mol. The number of fused-ring (bicyclic) bond motifs is 1. The van der Waals surface area contributed by atoms with E-state index in [-0.39, 0.29) is 0 Å². The van der Waals surface area contributed by atoms with Crippen LogP contribution in [0.5, 0.6) is 0 Å². The highest BCUT2D eigenvalue weighted by atomic mass is 16.1. The monoisotopic (exact) mass is 254 g/mol. The van der Waals surface area contributed by atoms with Gasteiger partial charge in [-0.05, 0) is 48.0 Å². The van der Waals surface area contributed by atoms with Crippen LogP contribution in [0.15, 0.2) is 36.4 Å². The second-order valence-electron chi connectivity index (χ2n) is 3.58. The van der Waals surface area contributed by atoms with Gasteiger partial charge < -0.3 is 0 Å². The standard InChI is InChI=1S/C18H6O2/c19-17-9-3-1-2-4-10-18(20)14-12-16-8-6-5-7-15(16)11-13-17/h1-2,5-8H/b2-1-. The van der Waals surface area contributed by atoms with Crippen LogP contribution in [0.4, 0.5) is 0 Å². The van der Waals surface area contributed by atoms with Crippen LogP contribution in [0.1, 0.15) is 11.1 Å². The molecule has 90 valence electrons. The van der Waals surface area contributed by atoms with Crippen molar-refractivity contribution in [2.24, 2.45) is 0 Å². The molecule has 2 heteroatoms. The van der Waals surface area contributed by atoms with Crippen LogP contribution in [0, 0.1) is 47.4 Å². The molecule has 2 rings (SSSR count). The summed E-state index contributed by atoms with van der Waals surface area (Å²) in [6, 6.07) is 7.00. The number of allylic oxidation sites excluding steroid dienone is 2. The topological polar surface area (TPSA) is 34.1 Å². The highest BCUT2D eigenvalue weighted by Crippen LogP contribution is 2.05. The number of hydrogen-bond acceptors (Lipinski definition) is 2. The Hall–Kier alpha value is -3.46. The molecule has 0 aromatic heterocycles. The third kappa shape index (κ3) is 3.78. The summed E-state index contributed by atoms with van der Waals surface area (Å²) in [6.07, 6.45) is 2.76. The Morgan fingerprint density at radius 3 is 1.50 bits per heavy atom. The van der Waals surface area contributed by atoms with Gasteiger partial charge in [0.15, 0.2) is 0 Å². The first-order valence-corrected chi connectivity index (χ1v) is 5.65. The Morgan fingerprint density at radius 1 is 0.600 bits per heavy atom. The molecule has 1 aromatic carbocycles. The zero-order chi connectivity index (χ0) is 14.2. The molecule has 0 fully saturated rings. The van der Waals surface area contributed by atoms with Crippen molar-refractivity contribution in [3.05, 3.63) is 47.5 Å². The third-order valence-corrected chi connectivity index (χ3v) is 2.17. The molecule has 0 amide bonds. The number of hydrogen-bond donors (Lipinski definition) is 0. The van der Waals surface area contributed by atoms with Gasteiger partial charge in [0.1, 0.15) is 0 Å². The Balaban J connectivity index is 2.54. The summed E-state index contributed by atoms with van der Waals surface area (Å²) in [5, 5.41) is 0. The van der Waals surface area contributed by atoms with E-state index in [1.54, 1.807) is 24.3 Å². The average Bonchev–Trinajstić information content (AvgIpc) is 2.46. The number of Topliss-reactive ketones (excluding diaryl/α,β-unsaturated/α-hetero) is 2. The summed E-state index contributed by atoms with van der Waals surface area (Å²) in [6.45, 7) is 0. The molecule has 20 heavy (non-hydrogen) atoms. The first kappa shape index (κ1) is 13.0. The number of rotatable bonds is 0. The van der Waals surface area contributed by atoms with Gasteiger partial charge in [-0.25, -0.2) is 0 Å². The zero-order valence-corrected chi connectivity index (χ0v) is 10.3. The number of carbonyl (C=O) groups excluding carboxylic acids is 2. The van der Waals surface area contributed by atoms with Gasteiger partial charge in [-0.1, -0.05) is 35.8 Å². The lowest BCUT2D eigenvalue weighted by molar-refractivity contribution is -0.109. The molecule has 0 bridgehead atoms. The second-order valence-corrected chi connectivity index (χ2v) is 3.58. The van der Waals surface area contributed by atoms with E-state index in [1.165, 1.54) is 12.2 Å². The predicted octanol–water partition coefficient (Wildman–Crippen LogP) is 1.10. The van der Waals surface area contributed by atoms with Gasteiger partial charge in [0, 0.05) is 11.1 Å². The molecule has 2 nitrogen and oxygen atoms in total. The summed E-state index contributed by atoms with van der Waals surface area (Å²) in [5.41, 5.74) is 1.15. The van der Waals surface area contributed by atoms with Gasteiger partial charge in [-0.2, -0.15) is 0 Å². The van der Waals surface area contributed by atoms with Crippen molar-refractivity contribution in [3.8, 4) is 47.4 Å². The van der Waals surface area contributed by atoms with Gasteiger partial charge in [0.25, 0.3) is 11.6 Å². The Labute approximate surface area is 116 Å². The largest absolute Gasteiger partial charge is 0.279 e. The van der Waals surface area contributed by atoms with Crippen LogP contribution in [-0.4, -0.2) is 11.6 Å². The smallest absolute Gasteiger partial charge is 0.270 e. The van der Waals surface area contributed by atoms with Crippen LogP contribution in [0.25, 0.3) is 0 Å². The molecule has 0 unspecified atom stereocenters. The molecule has 0 radical (unpaired) electrons. The SMILES string of the molecule is O=C1C#C/C=C\C#CC(=O)C#Cc2ccccc2C#C1. The maximum Gasteiger partial charge on any atom is 0.279 e. The molecule has 0 saturated carbocycles. The lowest BCUT2D eigenvalue weighted by Crippen LogP contribution is -1.90. The van der Waals surface area contributed by atoms with Gasteiger partial charge in [-0.3, -0.25) is 9.59 Å². The van der Waals surface area contributed by atoms with E-state index in [1.807, 2.05) is 0 Å². The summed E-state index contributed by atoms with van der Waals surface area (Å²) in [4.78, 5) is 22.8. The van der Waals surface area contributed by atoms with E-state index >= 15 is 0 Å². The van der Waals surface area contributed by atoms with E-state index in [0.717, 1.165) is 0 Å². The van der Waals surface area contributed by atoms with Crippen molar-refractivity contribution in [3.63, 3.8) is 0 Å². The molecule has 0 spiro atoms. The second kappa shape index (κ2) is 6.47. The molecule has 0 saturated heterocycles. The van der Waals surface area contributed by atoms with Crippen LogP contribution in [0.2, 0.25) is 0 Å². The fourth-order valence-electron chi connectivity index (χ4n) is 1.31. The first-order chi connectivity index (χ1) is 9.75. The van der Waals surface area contributed by atoms with Crippen molar-refractivity contribution < 1.29 is 9.59 Å². The molecule has 1 aliphatic rings. The minimum atomic E-state index is -0.487. The minimum absolute atomic E-state index is 0.487. The lowest BCUT2D eigenvalue weighted by Gasteiger charge is -1.93. The molecule has 0 aliphatic heterocycles. The highest BCUT2D eigenvalue weighted by molar-refractivity contribution is 6.10. The Morgan fingerprint density at radius 2 is 1.05 bits per heavy atom. The minimum Gasteiger partial charge on any atom is -0.270 e. The van der Waals surface area contributed by atoms with Gasteiger partial charge in [-0.15, -0.1) is 0 Å². The van der Waals surface area contributed by atoms with Gasteiger partial charge >= 0.3 is 0 Å². The summed E-state index contributed by atoms with van der Waals surface area (Å²) < 4.78 is 0. The van der Waals surface area contributed by atoms with Crippen molar-refractivity contribution in [1.29, 1.82) is 0 Å². The van der Waals surface area contributed by atoms with E-state index in [9.17, 15) is 9.59 Å². The molecule has 1 aromatic rings. The quantitative estimate of drug-likeness (QED) is 0.513. The Bertz CT molecular complexity index is 782. The normalized spacial score (nSPS) is 13.6. The summed E-state index contributed by atoms with van der Waals surface area (Å²) in [5.74, 6) is 18.9. The van der Waals surface area contributed by atoms with E-state index in [4.69, 9.17) is 0 Å². The van der Waals surface area contributed by atoms with E-state index < -0.39 is 11.6 Å². The van der Waals surface area contributed by atoms with Crippen molar-refractivity contribution >= 4 is 11.6 Å². The molecular formula is C18H6O2. The van der Waals surface area contributed by atoms with Gasteiger partial charge in [0.05, 0.1) is 0 Å². The molecule has 1 aliphatic carbocycles. The maximum absolute atomic E-state index is 11.4. The molecule has 0 N–H and O–H groups in total. The van der Waals surface area contributed by atoms with E-state index in [2.05, 4.69) is 47.4 Å². The first-order valence-electron chi connectivity index (χ1n) is 5.65. The zero-order valence-electron chi connectivity index (χ0n) is 10.3. The summed E-state index contributed by atoms with van der Waals surface area (Å²) >= 11 is 0. The van der Waals surface area contributed by atoms with Crippen molar-refractivity contribution in [2.75, 3.05) is 0 Å². The van der Waals surface area contributed by atoms with Crippen molar-refractivity contribution in [1.82, 2.24) is 0 Å². The van der Waals surface area contributed by atoms with Crippen LogP contribution in [-0.2, 0) is 9.59 Å². The third-order valence-electron chi connectivity index (χ3n) is 2.17. The average molecular weight is 254 g/mol. The number of benzene rings is 1. The predicted molar refractivity (Wildman–Crippen MR) is 74.9 cm³/mol. The van der Waals surface area contributed by atoms with Crippen molar-refractivity contribution in [2.45, 2.75) is 0 Å². The fraction of sp³-hybridized carbons (Fsp3) is 0. The van der Waals surface area contributed by atoms with Gasteiger partial charge in [0.2, 0.25) is 0 Å². The number of ketones is 2. The van der Waals surface area contributed by atoms with Crippen LogP contribution >= 0.6 is 0 Å². The highest BCUT2D eigenvalue weighted by Gasteiger charge is 1.96. The van der Waals surface area contributed by atoms with Crippen LogP contribution < -0.4 is 0 Å². The molecule has 0 atom stereocenters. The number of carbonyl (C=O) groups is 2. The fourth-order valence-corrected chi connectivity index (χ4v) is 1.31. The maximum atomic E-state index is 11.4.